The number of nitrogens with two attached hydrogens (primary N) is 1. The van der Waals surface area contributed by atoms with Gasteiger partial charge in [0.05, 0.1) is 16.2 Å². The number of allylic oxidation sites excluding steroid dienone is 1. The number of nitrogens with zero attached hydrogens (tertiary/aromatic N) is 1. The lowest BCUT2D eigenvalue weighted by molar-refractivity contribution is -0.384. The molecule has 0 bridgehead atoms. The Bertz CT molecular complexity index is 700. The average molecular weight is 347 g/mol. The van der Waals surface area contributed by atoms with Crippen LogP contribution in [0.4, 0.5) is 11.4 Å². The number of nitrogen functional groups attached to an aromatic ring is 1. The second-order valence-electron chi connectivity index (χ2n) is 5.81. The minimum absolute atomic E-state index is 0.00855. The first-order valence-corrected chi connectivity index (χ1v) is 8.13. The molecule has 0 aliphatic heterocycles. The molecule has 1 aliphatic rings. The Morgan fingerprint density at radius 2 is 2.12 bits per heavy atom. The largest absolute Gasteiger partial charge is 0.452 e. The molecule has 0 spiro atoms. The number of benzene rings is 1. The zero-order valence-electron chi connectivity index (χ0n) is 13.8. The molecule has 25 heavy (non-hydrogen) atoms. The number of rotatable bonds is 7. The fourth-order valence-electron chi connectivity index (χ4n) is 2.60. The highest BCUT2D eigenvalue weighted by Crippen LogP contribution is 2.21. The summed E-state index contributed by atoms with van der Waals surface area (Å²) in [7, 11) is 0. The van der Waals surface area contributed by atoms with E-state index in [0.29, 0.717) is 6.54 Å². The summed E-state index contributed by atoms with van der Waals surface area (Å²) in [6.07, 6.45) is 7.59. The summed E-state index contributed by atoms with van der Waals surface area (Å²) in [6.45, 7) is 0.0796. The van der Waals surface area contributed by atoms with Gasteiger partial charge >= 0.3 is 5.97 Å². The van der Waals surface area contributed by atoms with Crippen LogP contribution in [0.5, 0.6) is 0 Å². The van der Waals surface area contributed by atoms with Crippen LogP contribution in [-0.4, -0.2) is 30.0 Å². The van der Waals surface area contributed by atoms with Crippen molar-refractivity contribution in [2.45, 2.75) is 32.1 Å². The molecule has 2 rings (SSSR count). The molecule has 0 atom stereocenters. The number of anilines is 1. The molecule has 1 aliphatic carbocycles. The first kappa shape index (κ1) is 18.4. The van der Waals surface area contributed by atoms with E-state index >= 15 is 0 Å². The number of nitrogens with one attached hydrogen (secondary N) is 1. The summed E-state index contributed by atoms with van der Waals surface area (Å²) in [4.78, 5) is 33.7. The van der Waals surface area contributed by atoms with Crippen LogP contribution < -0.4 is 11.1 Å². The molecule has 0 saturated heterocycles. The number of amides is 1. The summed E-state index contributed by atoms with van der Waals surface area (Å²) < 4.78 is 4.90. The van der Waals surface area contributed by atoms with Gasteiger partial charge in [0, 0.05) is 18.7 Å². The number of carbonyl (C=O) groups excluding carboxylic acids is 2. The second kappa shape index (κ2) is 8.81. The lowest BCUT2D eigenvalue weighted by Gasteiger charge is -2.13. The van der Waals surface area contributed by atoms with Crippen LogP contribution in [0, 0.1) is 10.1 Å². The molecule has 1 amide bonds. The molecule has 0 fully saturated rings. The molecule has 0 saturated carbocycles. The Balaban J connectivity index is 1.76. The van der Waals surface area contributed by atoms with Crippen LogP contribution in [0.1, 0.15) is 42.5 Å². The zero-order valence-corrected chi connectivity index (χ0v) is 13.8. The van der Waals surface area contributed by atoms with Gasteiger partial charge in [-0.2, -0.15) is 0 Å². The molecule has 8 heteroatoms. The monoisotopic (exact) mass is 347 g/mol. The van der Waals surface area contributed by atoms with E-state index < -0.39 is 23.4 Å². The number of esters is 1. The normalized spacial score (nSPS) is 13.7. The Morgan fingerprint density at radius 3 is 2.76 bits per heavy atom. The summed E-state index contributed by atoms with van der Waals surface area (Å²) in [5.41, 5.74) is 6.67. The topological polar surface area (TPSA) is 125 Å². The first-order chi connectivity index (χ1) is 12.0. The van der Waals surface area contributed by atoms with E-state index in [1.807, 2.05) is 0 Å². The smallest absolute Gasteiger partial charge is 0.340 e. The SMILES string of the molecule is Nc1cc([N+](=O)[O-])ccc1C(=O)OCC(=O)NCCC1=CCCCC1. The third-order valence-electron chi connectivity index (χ3n) is 3.95. The quantitative estimate of drug-likeness (QED) is 0.256. The van der Waals surface area contributed by atoms with E-state index in [1.54, 1.807) is 0 Å². The molecular formula is C17H21N3O5. The van der Waals surface area contributed by atoms with Crippen LogP contribution in [0.15, 0.2) is 29.8 Å². The van der Waals surface area contributed by atoms with Gasteiger partial charge in [0.2, 0.25) is 0 Å². The maximum atomic E-state index is 11.9. The van der Waals surface area contributed by atoms with E-state index in [1.165, 1.54) is 24.5 Å². The minimum Gasteiger partial charge on any atom is -0.452 e. The van der Waals surface area contributed by atoms with Gasteiger partial charge in [0.25, 0.3) is 11.6 Å². The number of nitro benzene ring substituents is 1. The van der Waals surface area contributed by atoms with Crippen molar-refractivity contribution >= 4 is 23.3 Å². The molecule has 8 nitrogen and oxygen atoms in total. The van der Waals surface area contributed by atoms with Crippen molar-refractivity contribution < 1.29 is 19.2 Å². The summed E-state index contributed by atoms with van der Waals surface area (Å²) in [5, 5.41) is 13.3. The van der Waals surface area contributed by atoms with Crippen molar-refractivity contribution in [3.05, 3.63) is 45.5 Å². The van der Waals surface area contributed by atoms with Crippen molar-refractivity contribution in [2.24, 2.45) is 0 Å². The first-order valence-electron chi connectivity index (χ1n) is 8.13. The van der Waals surface area contributed by atoms with Gasteiger partial charge in [0.1, 0.15) is 0 Å². The van der Waals surface area contributed by atoms with E-state index in [4.69, 9.17) is 10.5 Å². The van der Waals surface area contributed by atoms with E-state index in [2.05, 4.69) is 11.4 Å². The highest BCUT2D eigenvalue weighted by molar-refractivity contribution is 5.96. The van der Waals surface area contributed by atoms with Crippen molar-refractivity contribution in [3.63, 3.8) is 0 Å². The van der Waals surface area contributed by atoms with Gasteiger partial charge in [-0.15, -0.1) is 0 Å². The maximum Gasteiger partial charge on any atom is 0.340 e. The maximum absolute atomic E-state index is 11.9. The molecule has 1 aromatic carbocycles. The predicted molar refractivity (Wildman–Crippen MR) is 92.0 cm³/mol. The Kier molecular flexibility index (Phi) is 6.50. The number of carbonyl (C=O) groups is 2. The van der Waals surface area contributed by atoms with E-state index in [-0.39, 0.29) is 16.9 Å². The van der Waals surface area contributed by atoms with Crippen LogP contribution in [-0.2, 0) is 9.53 Å². The van der Waals surface area contributed by atoms with Crippen LogP contribution in [0.25, 0.3) is 0 Å². The lowest BCUT2D eigenvalue weighted by Crippen LogP contribution is -2.30. The van der Waals surface area contributed by atoms with Crippen LogP contribution >= 0.6 is 0 Å². The summed E-state index contributed by atoms with van der Waals surface area (Å²) in [5.74, 6) is -1.19. The molecule has 0 aromatic heterocycles. The van der Waals surface area contributed by atoms with Crippen molar-refractivity contribution in [3.8, 4) is 0 Å². The number of hydrogen-bond donors (Lipinski definition) is 2. The van der Waals surface area contributed by atoms with Crippen molar-refractivity contribution in [2.75, 3.05) is 18.9 Å². The average Bonchev–Trinajstić information content (AvgIpc) is 2.60. The molecule has 134 valence electrons. The standard InChI is InChI=1S/C17H21N3O5/c18-15-10-13(20(23)24)6-7-14(15)17(22)25-11-16(21)19-9-8-12-4-2-1-3-5-12/h4,6-7,10H,1-3,5,8-9,11,18H2,(H,19,21). The van der Waals surface area contributed by atoms with Crippen LogP contribution in [0.3, 0.4) is 0 Å². The third-order valence-corrected chi connectivity index (χ3v) is 3.95. The molecule has 3 N–H and O–H groups in total. The highest BCUT2D eigenvalue weighted by Gasteiger charge is 2.16. The lowest BCUT2D eigenvalue weighted by atomic mass is 9.97. The second-order valence-corrected chi connectivity index (χ2v) is 5.81. The van der Waals surface area contributed by atoms with E-state index in [9.17, 15) is 19.7 Å². The number of nitro groups is 1. The summed E-state index contributed by atoms with van der Waals surface area (Å²) >= 11 is 0. The van der Waals surface area contributed by atoms with Gasteiger partial charge in [-0.05, 0) is 38.2 Å². The van der Waals surface area contributed by atoms with Crippen molar-refractivity contribution in [1.82, 2.24) is 5.32 Å². The molecule has 0 heterocycles. The zero-order chi connectivity index (χ0) is 18.2. The Morgan fingerprint density at radius 1 is 1.32 bits per heavy atom. The Hall–Kier alpha value is -2.90. The Labute approximate surface area is 145 Å². The number of hydrogen-bond acceptors (Lipinski definition) is 6. The molecular weight excluding hydrogens is 326 g/mol. The number of ether oxygens (including phenoxy) is 1. The fourth-order valence-corrected chi connectivity index (χ4v) is 2.60. The van der Waals surface area contributed by atoms with Gasteiger partial charge in [-0.3, -0.25) is 14.9 Å². The molecule has 1 aromatic rings. The fraction of sp³-hybridized carbons (Fsp3) is 0.412. The third kappa shape index (κ3) is 5.59. The summed E-state index contributed by atoms with van der Waals surface area (Å²) in [6, 6.07) is 3.45. The minimum atomic E-state index is -0.794. The van der Waals surface area contributed by atoms with Gasteiger partial charge in [-0.25, -0.2) is 4.79 Å². The molecule has 0 radical (unpaired) electrons. The van der Waals surface area contributed by atoms with E-state index in [0.717, 1.165) is 31.4 Å². The van der Waals surface area contributed by atoms with Crippen molar-refractivity contribution in [1.29, 1.82) is 0 Å². The van der Waals surface area contributed by atoms with Crippen LogP contribution in [0.2, 0.25) is 0 Å². The van der Waals surface area contributed by atoms with Gasteiger partial charge < -0.3 is 15.8 Å². The van der Waals surface area contributed by atoms with Gasteiger partial charge in [0.15, 0.2) is 6.61 Å². The molecule has 0 unspecified atom stereocenters. The van der Waals surface area contributed by atoms with Gasteiger partial charge in [-0.1, -0.05) is 11.6 Å². The highest BCUT2D eigenvalue weighted by atomic mass is 16.6. The number of non-ortho nitro benzene ring substituents is 1. The predicted octanol–water partition coefficient (Wildman–Crippen LogP) is 2.34.